The number of hydrogen-bond acceptors (Lipinski definition) is 5. The SMILES string of the molecule is C.C.CCCCCCN1C(C)=CC(C)N1C.CCCCCCN1CC=CN1C.Cc1cc(C)n(C)n1. The van der Waals surface area contributed by atoms with Gasteiger partial charge in [0.15, 0.2) is 0 Å². The van der Waals surface area contributed by atoms with Crippen molar-refractivity contribution in [2.75, 3.05) is 33.7 Å². The average molecular weight is 507 g/mol. The van der Waals surface area contributed by atoms with Crippen LogP contribution in [0.25, 0.3) is 0 Å². The smallest absolute Gasteiger partial charge is 0.0596 e. The van der Waals surface area contributed by atoms with Crippen molar-refractivity contribution in [1.82, 2.24) is 29.8 Å². The fraction of sp³-hybridized carbons (Fsp3) is 0.767. The van der Waals surface area contributed by atoms with E-state index < -0.39 is 0 Å². The maximum atomic E-state index is 4.13. The molecule has 0 amide bonds. The van der Waals surface area contributed by atoms with Gasteiger partial charge >= 0.3 is 0 Å². The summed E-state index contributed by atoms with van der Waals surface area (Å²) in [7, 11) is 6.24. The van der Waals surface area contributed by atoms with Gasteiger partial charge < -0.3 is 10.0 Å². The maximum Gasteiger partial charge on any atom is 0.0596 e. The van der Waals surface area contributed by atoms with Gasteiger partial charge in [0.1, 0.15) is 0 Å². The fourth-order valence-corrected chi connectivity index (χ4v) is 4.29. The number of nitrogens with zero attached hydrogens (tertiary/aromatic N) is 6. The zero-order valence-electron chi connectivity index (χ0n) is 23.8. The third-order valence-corrected chi connectivity index (χ3v) is 6.67. The quantitative estimate of drug-likeness (QED) is 0.305. The molecule has 1 unspecified atom stereocenters. The van der Waals surface area contributed by atoms with E-state index in [1.807, 2.05) is 25.6 Å². The van der Waals surface area contributed by atoms with Crippen LogP contribution in [0, 0.1) is 13.8 Å². The second-order valence-electron chi connectivity index (χ2n) is 9.79. The molecule has 3 heterocycles. The lowest BCUT2D eigenvalue weighted by molar-refractivity contribution is 0.0393. The van der Waals surface area contributed by atoms with Crippen LogP contribution in [0.15, 0.2) is 30.1 Å². The Balaban J connectivity index is 0. The van der Waals surface area contributed by atoms with Crippen LogP contribution in [0.4, 0.5) is 0 Å². The number of hydrazine groups is 2. The standard InChI is InChI=1S/C12H24N2.C10H20N2.C6H10N2.2CH4/c1-5-6-7-8-9-14-12(3)10-11(2)13(14)4;1-3-4-5-6-9-12-10-7-8-11(12)2;1-5-4-6(2)8(3)7-5;;/h10-11H,5-9H2,1-4H3;7-8H,3-6,9-10H2,1-2H3;4H,1-3H3;2*1H4. The van der Waals surface area contributed by atoms with Crippen LogP contribution in [-0.2, 0) is 7.05 Å². The van der Waals surface area contributed by atoms with Gasteiger partial charge in [0.25, 0.3) is 0 Å². The second-order valence-corrected chi connectivity index (χ2v) is 9.79. The number of aryl methyl sites for hydroxylation is 3. The minimum Gasteiger partial charge on any atom is -0.316 e. The zero-order valence-corrected chi connectivity index (χ0v) is 23.8. The highest BCUT2D eigenvalue weighted by Crippen LogP contribution is 2.20. The minimum atomic E-state index is 0. The number of unbranched alkanes of at least 4 members (excludes halogenated alkanes) is 6. The second kappa shape index (κ2) is 20.3. The van der Waals surface area contributed by atoms with Crippen LogP contribution in [0.5, 0.6) is 0 Å². The highest BCUT2D eigenvalue weighted by Gasteiger charge is 2.22. The van der Waals surface area contributed by atoms with Crippen molar-refractivity contribution in [3.8, 4) is 0 Å². The van der Waals surface area contributed by atoms with Crippen molar-refractivity contribution in [1.29, 1.82) is 0 Å². The van der Waals surface area contributed by atoms with Crippen molar-refractivity contribution in [2.24, 2.45) is 7.05 Å². The fourth-order valence-electron chi connectivity index (χ4n) is 4.29. The summed E-state index contributed by atoms with van der Waals surface area (Å²) < 4.78 is 1.87. The Bertz CT molecular complexity index is 704. The van der Waals surface area contributed by atoms with Gasteiger partial charge in [-0.25, -0.2) is 10.0 Å². The number of likely N-dealkylation sites (N-methyl/N-ethyl adjacent to an activating group) is 1. The largest absolute Gasteiger partial charge is 0.316 e. The lowest BCUT2D eigenvalue weighted by Gasteiger charge is -2.30. The van der Waals surface area contributed by atoms with Crippen molar-refractivity contribution in [3.05, 3.63) is 41.5 Å². The molecule has 2 aliphatic rings. The molecule has 0 radical (unpaired) electrons. The van der Waals surface area contributed by atoms with Crippen molar-refractivity contribution >= 4 is 0 Å². The third-order valence-electron chi connectivity index (χ3n) is 6.67. The van der Waals surface area contributed by atoms with E-state index in [-0.39, 0.29) is 14.9 Å². The van der Waals surface area contributed by atoms with Gasteiger partial charge in [0.2, 0.25) is 0 Å². The molecule has 0 aliphatic carbocycles. The Hall–Kier alpha value is -1.79. The first-order chi connectivity index (χ1) is 16.2. The van der Waals surface area contributed by atoms with Crippen LogP contribution in [-0.4, -0.2) is 69.6 Å². The van der Waals surface area contributed by atoms with Crippen LogP contribution in [0.3, 0.4) is 0 Å². The number of hydrogen-bond donors (Lipinski definition) is 0. The molecule has 0 fully saturated rings. The van der Waals surface area contributed by atoms with Crippen LogP contribution < -0.4 is 0 Å². The molecule has 212 valence electrons. The summed E-state index contributed by atoms with van der Waals surface area (Å²) in [5, 5.41) is 13.4. The Morgan fingerprint density at radius 3 is 1.81 bits per heavy atom. The van der Waals surface area contributed by atoms with E-state index in [2.05, 4.69) is 91.3 Å². The van der Waals surface area contributed by atoms with Gasteiger partial charge in [-0.3, -0.25) is 4.68 Å². The Morgan fingerprint density at radius 2 is 1.44 bits per heavy atom. The summed E-state index contributed by atoms with van der Waals surface area (Å²) >= 11 is 0. The monoisotopic (exact) mass is 507 g/mol. The van der Waals surface area contributed by atoms with Gasteiger partial charge in [-0.2, -0.15) is 5.10 Å². The highest BCUT2D eigenvalue weighted by atomic mass is 15.6. The lowest BCUT2D eigenvalue weighted by atomic mass is 10.2. The molecule has 0 aromatic carbocycles. The molecule has 0 saturated heterocycles. The maximum absolute atomic E-state index is 4.13. The normalized spacial score (nSPS) is 17.0. The summed E-state index contributed by atoms with van der Waals surface area (Å²) in [5.41, 5.74) is 3.71. The van der Waals surface area contributed by atoms with E-state index in [9.17, 15) is 0 Å². The predicted octanol–water partition coefficient (Wildman–Crippen LogP) is 7.57. The first-order valence-corrected chi connectivity index (χ1v) is 13.5. The van der Waals surface area contributed by atoms with E-state index >= 15 is 0 Å². The van der Waals surface area contributed by atoms with Crippen LogP contribution >= 0.6 is 0 Å². The Kier molecular flexibility index (Phi) is 20.5. The average Bonchev–Trinajstić information content (AvgIpc) is 3.41. The third kappa shape index (κ3) is 13.5. The molecule has 0 spiro atoms. The molecule has 1 aromatic heterocycles. The van der Waals surface area contributed by atoms with Gasteiger partial charge in [0.05, 0.1) is 5.69 Å². The molecule has 2 aliphatic heterocycles. The van der Waals surface area contributed by atoms with E-state index in [1.165, 1.54) is 75.8 Å². The molecule has 6 heteroatoms. The van der Waals surface area contributed by atoms with Crippen molar-refractivity contribution in [3.63, 3.8) is 0 Å². The molecule has 0 bridgehead atoms. The zero-order chi connectivity index (χ0) is 25.5. The van der Waals surface area contributed by atoms with E-state index in [0.29, 0.717) is 6.04 Å². The summed E-state index contributed by atoms with van der Waals surface area (Å²) in [5.74, 6) is 0. The van der Waals surface area contributed by atoms with Crippen molar-refractivity contribution < 1.29 is 0 Å². The van der Waals surface area contributed by atoms with Gasteiger partial charge in [0, 0.05) is 64.4 Å². The molecule has 36 heavy (non-hydrogen) atoms. The summed E-state index contributed by atoms with van der Waals surface area (Å²) in [6.07, 6.45) is 17.5. The molecule has 1 aromatic rings. The Labute approximate surface area is 226 Å². The number of allylic oxidation sites excluding steroid dienone is 1. The molecule has 0 saturated carbocycles. The summed E-state index contributed by atoms with van der Waals surface area (Å²) in [6, 6.07) is 2.63. The molecule has 6 nitrogen and oxygen atoms in total. The molecule has 0 N–H and O–H groups in total. The van der Waals surface area contributed by atoms with Gasteiger partial charge in [-0.15, -0.1) is 0 Å². The first-order valence-electron chi connectivity index (χ1n) is 13.5. The van der Waals surface area contributed by atoms with E-state index in [0.717, 1.165) is 12.2 Å². The molecular formula is C30H62N6. The molecule has 3 rings (SSSR count). The summed E-state index contributed by atoms with van der Waals surface area (Å²) in [4.78, 5) is 0. The van der Waals surface area contributed by atoms with E-state index in [1.54, 1.807) is 0 Å². The van der Waals surface area contributed by atoms with Crippen LogP contribution in [0.1, 0.15) is 105 Å². The number of rotatable bonds is 10. The van der Waals surface area contributed by atoms with Gasteiger partial charge in [-0.05, 0) is 52.7 Å². The first kappa shape index (κ1) is 36.4. The molecular weight excluding hydrogens is 444 g/mol. The number of aromatic nitrogens is 2. The lowest BCUT2D eigenvalue weighted by Crippen LogP contribution is -2.38. The topological polar surface area (TPSA) is 30.8 Å². The van der Waals surface area contributed by atoms with Crippen molar-refractivity contribution in [2.45, 2.75) is 114 Å². The Morgan fingerprint density at radius 1 is 0.861 bits per heavy atom. The van der Waals surface area contributed by atoms with Gasteiger partial charge in [-0.1, -0.05) is 73.3 Å². The van der Waals surface area contributed by atoms with Crippen LogP contribution in [0.2, 0.25) is 0 Å². The predicted molar refractivity (Wildman–Crippen MR) is 161 cm³/mol. The minimum absolute atomic E-state index is 0. The van der Waals surface area contributed by atoms with E-state index in [4.69, 9.17) is 0 Å². The molecule has 1 atom stereocenters. The highest BCUT2D eigenvalue weighted by molar-refractivity contribution is 5.08. The summed E-state index contributed by atoms with van der Waals surface area (Å²) in [6.45, 7) is 16.5.